The maximum absolute atomic E-state index is 13.5. The molecule has 180 valence electrons. The van der Waals surface area contributed by atoms with Crippen LogP contribution in [0.25, 0.3) is 0 Å². The molecule has 1 aromatic heterocycles. The second kappa shape index (κ2) is 12.1. The van der Waals surface area contributed by atoms with Gasteiger partial charge in [0.25, 0.3) is 0 Å². The number of rotatable bonds is 9. The molecule has 0 bridgehead atoms. The summed E-state index contributed by atoms with van der Waals surface area (Å²) in [5.41, 5.74) is 2.61. The molecule has 0 saturated carbocycles. The predicted molar refractivity (Wildman–Crippen MR) is 139 cm³/mol. The summed E-state index contributed by atoms with van der Waals surface area (Å²) in [5.74, 6) is -0.480. The average Bonchev–Trinajstić information content (AvgIpc) is 3.23. The number of hydrogen-bond acceptors (Lipinski definition) is 3. The number of nitrogens with zero attached hydrogens (tertiary/aromatic N) is 2. The molecule has 34 heavy (non-hydrogen) atoms. The molecule has 3 amide bonds. The third-order valence-corrected chi connectivity index (χ3v) is 7.26. The third-order valence-electron chi connectivity index (χ3n) is 5.73. The summed E-state index contributed by atoms with van der Waals surface area (Å²) < 4.78 is 14.3. The summed E-state index contributed by atoms with van der Waals surface area (Å²) in [6.45, 7) is 6.65. The number of carbonyl (C=O) groups excluding carboxylic acids is 2. The molecule has 3 aromatic rings. The Balaban J connectivity index is 1.79. The fourth-order valence-corrected chi connectivity index (χ4v) is 4.59. The normalized spacial score (nSPS) is 11.7. The summed E-state index contributed by atoms with van der Waals surface area (Å²) >= 11 is 4.99. The van der Waals surface area contributed by atoms with Crippen molar-refractivity contribution in [1.82, 2.24) is 9.80 Å². The van der Waals surface area contributed by atoms with E-state index < -0.39 is 0 Å². The second-order valence-corrected chi connectivity index (χ2v) is 10.1. The fraction of sp³-hybridized carbons (Fsp3) is 0.308. The SMILES string of the molecule is CCC(C)N(CC(=O)N(Cc1ccc(F)cc1)Cc1sccc1C)C(=O)Nc1ccc(Br)cc1. The molecule has 2 aromatic carbocycles. The molecule has 0 aliphatic rings. The Labute approximate surface area is 212 Å². The van der Waals surface area contributed by atoms with Gasteiger partial charge in [-0.05, 0) is 79.2 Å². The Hall–Kier alpha value is -2.71. The number of carbonyl (C=O) groups is 2. The quantitative estimate of drug-likeness (QED) is 0.320. The molecule has 1 N–H and O–H groups in total. The van der Waals surface area contributed by atoms with Crippen molar-refractivity contribution >= 4 is 44.9 Å². The number of amides is 3. The van der Waals surface area contributed by atoms with Gasteiger partial charge in [-0.15, -0.1) is 11.3 Å². The smallest absolute Gasteiger partial charge is 0.322 e. The molecule has 0 radical (unpaired) electrons. The van der Waals surface area contributed by atoms with Gasteiger partial charge in [0.15, 0.2) is 0 Å². The van der Waals surface area contributed by atoms with Gasteiger partial charge in [0, 0.05) is 27.6 Å². The molecule has 0 aliphatic carbocycles. The lowest BCUT2D eigenvalue weighted by atomic mass is 10.2. The number of urea groups is 1. The molecular formula is C26H29BrFN3O2S. The van der Waals surface area contributed by atoms with Crippen LogP contribution >= 0.6 is 27.3 Å². The largest absolute Gasteiger partial charge is 0.332 e. The van der Waals surface area contributed by atoms with Crippen LogP contribution in [0.4, 0.5) is 14.9 Å². The standard InChI is InChI=1S/C26H29BrFN3O2S/c1-4-19(3)31(26(33)29-23-11-7-21(27)8-12-23)17-25(32)30(16-24-18(2)13-14-34-24)15-20-5-9-22(28)10-6-20/h5-14,19H,4,15-17H2,1-3H3,(H,29,33). The van der Waals surface area contributed by atoms with E-state index in [2.05, 4.69) is 21.2 Å². The third kappa shape index (κ3) is 7.14. The van der Waals surface area contributed by atoms with E-state index in [-0.39, 0.29) is 30.3 Å². The van der Waals surface area contributed by atoms with Gasteiger partial charge >= 0.3 is 6.03 Å². The molecule has 1 heterocycles. The topological polar surface area (TPSA) is 52.7 Å². The summed E-state index contributed by atoms with van der Waals surface area (Å²) in [7, 11) is 0. The van der Waals surface area contributed by atoms with Crippen molar-refractivity contribution in [2.45, 2.75) is 46.3 Å². The molecule has 0 fully saturated rings. The van der Waals surface area contributed by atoms with Gasteiger partial charge in [0.05, 0.1) is 6.54 Å². The van der Waals surface area contributed by atoms with Gasteiger partial charge < -0.3 is 15.1 Å². The van der Waals surface area contributed by atoms with E-state index >= 15 is 0 Å². The van der Waals surface area contributed by atoms with Crippen molar-refractivity contribution in [1.29, 1.82) is 0 Å². The Morgan fingerprint density at radius 3 is 2.32 bits per heavy atom. The Kier molecular flexibility index (Phi) is 9.24. The van der Waals surface area contributed by atoms with Crippen LogP contribution in [0.1, 0.15) is 36.3 Å². The number of nitrogens with one attached hydrogen (secondary N) is 1. The van der Waals surface area contributed by atoms with Gasteiger partial charge in [-0.25, -0.2) is 9.18 Å². The van der Waals surface area contributed by atoms with Crippen molar-refractivity contribution in [3.05, 3.63) is 86.3 Å². The minimum absolute atomic E-state index is 0.0526. The van der Waals surface area contributed by atoms with Gasteiger partial charge in [0.2, 0.25) is 5.91 Å². The van der Waals surface area contributed by atoms with E-state index in [4.69, 9.17) is 0 Å². The Morgan fingerprint density at radius 2 is 1.74 bits per heavy atom. The van der Waals surface area contributed by atoms with Crippen LogP contribution in [0.2, 0.25) is 0 Å². The monoisotopic (exact) mass is 545 g/mol. The molecule has 8 heteroatoms. The second-order valence-electron chi connectivity index (χ2n) is 8.23. The molecule has 0 saturated heterocycles. The van der Waals surface area contributed by atoms with Crippen LogP contribution < -0.4 is 5.32 Å². The van der Waals surface area contributed by atoms with Crippen LogP contribution in [0.3, 0.4) is 0 Å². The molecule has 5 nitrogen and oxygen atoms in total. The first-order chi connectivity index (χ1) is 16.3. The van der Waals surface area contributed by atoms with Crippen molar-refractivity contribution in [2.75, 3.05) is 11.9 Å². The maximum Gasteiger partial charge on any atom is 0.322 e. The predicted octanol–water partition coefficient (Wildman–Crippen LogP) is 6.82. The van der Waals surface area contributed by atoms with E-state index in [1.165, 1.54) is 12.1 Å². The minimum atomic E-state index is -0.320. The van der Waals surface area contributed by atoms with Crippen molar-refractivity contribution in [2.24, 2.45) is 0 Å². The van der Waals surface area contributed by atoms with Gasteiger partial charge in [-0.2, -0.15) is 0 Å². The highest BCUT2D eigenvalue weighted by Gasteiger charge is 2.25. The van der Waals surface area contributed by atoms with Gasteiger partial charge in [-0.1, -0.05) is 35.0 Å². The number of anilines is 1. The van der Waals surface area contributed by atoms with E-state index in [1.54, 1.807) is 45.4 Å². The molecular weight excluding hydrogens is 517 g/mol. The highest BCUT2D eigenvalue weighted by atomic mass is 79.9. The van der Waals surface area contributed by atoms with Crippen LogP contribution in [0, 0.1) is 12.7 Å². The van der Waals surface area contributed by atoms with Gasteiger partial charge in [-0.3, -0.25) is 4.79 Å². The summed E-state index contributed by atoms with van der Waals surface area (Å²) in [6, 6.07) is 15.0. The first-order valence-corrected chi connectivity index (χ1v) is 12.8. The minimum Gasteiger partial charge on any atom is -0.332 e. The summed E-state index contributed by atoms with van der Waals surface area (Å²) in [4.78, 5) is 31.0. The molecule has 0 spiro atoms. The maximum atomic E-state index is 13.5. The van der Waals surface area contributed by atoms with Crippen LogP contribution in [-0.4, -0.2) is 34.3 Å². The highest BCUT2D eigenvalue weighted by Crippen LogP contribution is 2.21. The van der Waals surface area contributed by atoms with Crippen molar-refractivity contribution < 1.29 is 14.0 Å². The number of thiophene rings is 1. The zero-order valence-corrected chi connectivity index (χ0v) is 22.0. The summed E-state index contributed by atoms with van der Waals surface area (Å²) in [5, 5.41) is 4.90. The molecule has 0 aliphatic heterocycles. The lowest BCUT2D eigenvalue weighted by molar-refractivity contribution is -0.133. The summed E-state index contributed by atoms with van der Waals surface area (Å²) in [6.07, 6.45) is 0.711. The van der Waals surface area contributed by atoms with Crippen LogP contribution in [0.15, 0.2) is 64.5 Å². The first kappa shape index (κ1) is 25.9. The number of halogens is 2. The lowest BCUT2D eigenvalue weighted by Crippen LogP contribution is -2.47. The zero-order valence-electron chi connectivity index (χ0n) is 19.6. The average molecular weight is 547 g/mol. The number of benzene rings is 2. The Bertz CT molecular complexity index is 1100. The molecule has 1 unspecified atom stereocenters. The van der Waals surface area contributed by atoms with Crippen molar-refractivity contribution in [3.8, 4) is 0 Å². The van der Waals surface area contributed by atoms with Crippen molar-refractivity contribution in [3.63, 3.8) is 0 Å². The van der Waals surface area contributed by atoms with E-state index in [1.807, 2.05) is 44.4 Å². The van der Waals surface area contributed by atoms with E-state index in [0.717, 1.165) is 20.5 Å². The molecule has 1 atom stereocenters. The Morgan fingerprint density at radius 1 is 1.06 bits per heavy atom. The fourth-order valence-electron chi connectivity index (χ4n) is 3.40. The van der Waals surface area contributed by atoms with Gasteiger partial charge in [0.1, 0.15) is 12.4 Å². The first-order valence-electron chi connectivity index (χ1n) is 11.1. The van der Waals surface area contributed by atoms with E-state index in [0.29, 0.717) is 25.2 Å². The van der Waals surface area contributed by atoms with E-state index in [9.17, 15) is 14.0 Å². The number of hydrogen-bond donors (Lipinski definition) is 1. The zero-order chi connectivity index (χ0) is 24.7. The lowest BCUT2D eigenvalue weighted by Gasteiger charge is -2.31. The molecule has 3 rings (SSSR count). The van der Waals surface area contributed by atoms with Crippen LogP contribution in [0.5, 0.6) is 0 Å². The van der Waals surface area contributed by atoms with Crippen LogP contribution in [-0.2, 0) is 17.9 Å². The highest BCUT2D eigenvalue weighted by molar-refractivity contribution is 9.10. The number of aryl methyl sites for hydroxylation is 1.